The maximum atomic E-state index is 12.1. The van der Waals surface area contributed by atoms with Crippen molar-refractivity contribution in [1.29, 1.82) is 0 Å². The van der Waals surface area contributed by atoms with Gasteiger partial charge in [0.2, 0.25) is 5.91 Å². The summed E-state index contributed by atoms with van der Waals surface area (Å²) in [7, 11) is 0. The second-order valence-electron chi connectivity index (χ2n) is 7.39. The standard InChI is InChI=1S/C19H30N2O3.ClH/c1-19(2,3)15-5-4-6-16(13-15)24-12-9-21-18(22)17(20)14-7-10-23-11-8-14;/h4-6,13-14,17H,7-12,20H2,1-3H3,(H,21,22);1H. The molecule has 1 unspecified atom stereocenters. The molecule has 5 nitrogen and oxygen atoms in total. The summed E-state index contributed by atoms with van der Waals surface area (Å²) in [6.45, 7) is 8.78. The molecule has 1 aliphatic heterocycles. The molecule has 3 N–H and O–H groups in total. The largest absolute Gasteiger partial charge is 0.492 e. The molecular formula is C19H31ClN2O3. The number of hydrogen-bond acceptors (Lipinski definition) is 4. The first-order chi connectivity index (χ1) is 11.4. The monoisotopic (exact) mass is 370 g/mol. The number of rotatable bonds is 6. The quantitative estimate of drug-likeness (QED) is 0.755. The van der Waals surface area contributed by atoms with Gasteiger partial charge in [0, 0.05) is 13.2 Å². The predicted octanol–water partition coefficient (Wildman–Crippen LogP) is 2.65. The maximum absolute atomic E-state index is 12.1. The van der Waals surface area contributed by atoms with E-state index in [9.17, 15) is 4.79 Å². The fourth-order valence-corrected chi connectivity index (χ4v) is 2.80. The number of ether oxygens (including phenoxy) is 2. The smallest absolute Gasteiger partial charge is 0.237 e. The highest BCUT2D eigenvalue weighted by atomic mass is 35.5. The van der Waals surface area contributed by atoms with E-state index in [1.807, 2.05) is 12.1 Å². The predicted molar refractivity (Wildman–Crippen MR) is 102 cm³/mol. The van der Waals surface area contributed by atoms with Gasteiger partial charge in [0.05, 0.1) is 12.6 Å². The summed E-state index contributed by atoms with van der Waals surface area (Å²) in [5.41, 5.74) is 7.36. The van der Waals surface area contributed by atoms with Crippen LogP contribution in [0.15, 0.2) is 24.3 Å². The van der Waals surface area contributed by atoms with E-state index < -0.39 is 6.04 Å². The van der Waals surface area contributed by atoms with Gasteiger partial charge in [0.1, 0.15) is 12.4 Å². The average molecular weight is 371 g/mol. The average Bonchev–Trinajstić information content (AvgIpc) is 2.58. The van der Waals surface area contributed by atoms with Crippen LogP contribution in [0.1, 0.15) is 39.2 Å². The van der Waals surface area contributed by atoms with E-state index in [1.54, 1.807) is 0 Å². The van der Waals surface area contributed by atoms with E-state index in [-0.39, 0.29) is 29.6 Å². The highest BCUT2D eigenvalue weighted by molar-refractivity contribution is 5.85. The summed E-state index contributed by atoms with van der Waals surface area (Å²) in [5, 5.41) is 2.87. The molecule has 142 valence electrons. The molecule has 6 heteroatoms. The van der Waals surface area contributed by atoms with Crippen LogP contribution in [0.3, 0.4) is 0 Å². The van der Waals surface area contributed by atoms with Crippen LogP contribution in [0.2, 0.25) is 0 Å². The van der Waals surface area contributed by atoms with Crippen molar-refractivity contribution in [1.82, 2.24) is 5.32 Å². The minimum atomic E-state index is -0.460. The van der Waals surface area contributed by atoms with Gasteiger partial charge in [-0.25, -0.2) is 0 Å². The van der Waals surface area contributed by atoms with E-state index in [1.165, 1.54) is 5.56 Å². The highest BCUT2D eigenvalue weighted by Gasteiger charge is 2.26. The van der Waals surface area contributed by atoms with E-state index in [2.05, 4.69) is 38.2 Å². The van der Waals surface area contributed by atoms with Crippen LogP contribution in [-0.2, 0) is 14.9 Å². The zero-order chi connectivity index (χ0) is 17.6. The SMILES string of the molecule is CC(C)(C)c1cccc(OCCNC(=O)C(N)C2CCOCC2)c1.Cl. The maximum Gasteiger partial charge on any atom is 0.237 e. The minimum Gasteiger partial charge on any atom is -0.492 e. The Labute approximate surface area is 157 Å². The van der Waals surface area contributed by atoms with Gasteiger partial charge in [-0.05, 0) is 41.9 Å². The summed E-state index contributed by atoms with van der Waals surface area (Å²) < 4.78 is 11.0. The lowest BCUT2D eigenvalue weighted by Gasteiger charge is -2.26. The van der Waals surface area contributed by atoms with E-state index in [4.69, 9.17) is 15.2 Å². The number of nitrogens with one attached hydrogen (secondary N) is 1. The summed E-state index contributed by atoms with van der Waals surface area (Å²) >= 11 is 0. The van der Waals surface area contributed by atoms with Gasteiger partial charge >= 0.3 is 0 Å². The minimum absolute atomic E-state index is 0. The van der Waals surface area contributed by atoms with Crippen molar-refractivity contribution in [2.45, 2.75) is 45.1 Å². The van der Waals surface area contributed by atoms with Gasteiger partial charge in [-0.1, -0.05) is 32.9 Å². The molecule has 0 spiro atoms. The Morgan fingerprint density at radius 2 is 2.04 bits per heavy atom. The molecule has 0 saturated carbocycles. The molecule has 1 fully saturated rings. The van der Waals surface area contributed by atoms with Crippen molar-refractivity contribution < 1.29 is 14.3 Å². The van der Waals surface area contributed by atoms with Crippen LogP contribution < -0.4 is 15.8 Å². The lowest BCUT2D eigenvalue weighted by Crippen LogP contribution is -2.47. The van der Waals surface area contributed by atoms with Gasteiger partial charge in [-0.2, -0.15) is 0 Å². The number of halogens is 1. The third kappa shape index (κ3) is 6.84. The molecule has 1 amide bonds. The fourth-order valence-electron chi connectivity index (χ4n) is 2.80. The topological polar surface area (TPSA) is 73.6 Å². The lowest BCUT2D eigenvalue weighted by molar-refractivity contribution is -0.124. The van der Waals surface area contributed by atoms with Crippen molar-refractivity contribution in [3.8, 4) is 5.75 Å². The number of amides is 1. The second-order valence-corrected chi connectivity index (χ2v) is 7.39. The van der Waals surface area contributed by atoms with Gasteiger partial charge in [0.25, 0.3) is 0 Å². The molecule has 25 heavy (non-hydrogen) atoms. The summed E-state index contributed by atoms with van der Waals surface area (Å²) in [6.07, 6.45) is 1.70. The van der Waals surface area contributed by atoms with E-state index >= 15 is 0 Å². The number of benzene rings is 1. The molecule has 0 aromatic heterocycles. The molecule has 1 aliphatic rings. The van der Waals surface area contributed by atoms with Crippen LogP contribution >= 0.6 is 12.4 Å². The lowest BCUT2D eigenvalue weighted by atomic mass is 9.87. The highest BCUT2D eigenvalue weighted by Crippen LogP contribution is 2.25. The Morgan fingerprint density at radius 3 is 2.68 bits per heavy atom. The normalized spacial score (nSPS) is 16.6. The van der Waals surface area contributed by atoms with E-state index in [0.717, 1.165) is 18.6 Å². The third-order valence-corrected chi connectivity index (χ3v) is 4.45. The van der Waals surface area contributed by atoms with Crippen LogP contribution in [0, 0.1) is 5.92 Å². The molecule has 1 heterocycles. The fraction of sp³-hybridized carbons (Fsp3) is 0.632. The first-order valence-electron chi connectivity index (χ1n) is 8.72. The Morgan fingerprint density at radius 1 is 1.36 bits per heavy atom. The molecule has 1 aromatic carbocycles. The van der Waals surface area contributed by atoms with Crippen molar-refractivity contribution >= 4 is 18.3 Å². The Bertz CT molecular complexity index is 540. The molecular weight excluding hydrogens is 340 g/mol. The van der Waals surface area contributed by atoms with Crippen LogP contribution in [0.4, 0.5) is 0 Å². The summed E-state index contributed by atoms with van der Waals surface area (Å²) in [5.74, 6) is 0.933. The first-order valence-corrected chi connectivity index (χ1v) is 8.72. The zero-order valence-corrected chi connectivity index (χ0v) is 16.2. The zero-order valence-electron chi connectivity index (χ0n) is 15.4. The Kier molecular flexibility index (Phi) is 8.69. The molecule has 1 aromatic rings. The molecule has 0 bridgehead atoms. The van der Waals surface area contributed by atoms with Gasteiger partial charge in [-0.3, -0.25) is 4.79 Å². The number of nitrogens with two attached hydrogens (primary N) is 1. The number of carbonyl (C=O) groups is 1. The van der Waals surface area contributed by atoms with Crippen LogP contribution in [0.25, 0.3) is 0 Å². The summed E-state index contributed by atoms with van der Waals surface area (Å²) in [6, 6.07) is 7.62. The molecule has 0 aliphatic carbocycles. The van der Waals surface area contributed by atoms with E-state index in [0.29, 0.717) is 26.4 Å². The van der Waals surface area contributed by atoms with Crippen molar-refractivity contribution in [3.63, 3.8) is 0 Å². The molecule has 0 radical (unpaired) electrons. The molecule has 1 saturated heterocycles. The Hall–Kier alpha value is -1.30. The molecule has 1 atom stereocenters. The van der Waals surface area contributed by atoms with Gasteiger partial charge in [0.15, 0.2) is 0 Å². The van der Waals surface area contributed by atoms with Gasteiger partial charge < -0.3 is 20.5 Å². The Balaban J connectivity index is 0.00000312. The van der Waals surface area contributed by atoms with Gasteiger partial charge in [-0.15, -0.1) is 12.4 Å². The number of hydrogen-bond donors (Lipinski definition) is 2. The molecule has 2 rings (SSSR count). The number of carbonyl (C=O) groups excluding carboxylic acids is 1. The van der Waals surface area contributed by atoms with Crippen molar-refractivity contribution in [2.75, 3.05) is 26.4 Å². The second kappa shape index (κ2) is 10.00. The summed E-state index contributed by atoms with van der Waals surface area (Å²) in [4.78, 5) is 12.1. The van der Waals surface area contributed by atoms with Crippen molar-refractivity contribution in [2.24, 2.45) is 11.7 Å². The first kappa shape index (κ1) is 21.7. The van der Waals surface area contributed by atoms with Crippen molar-refractivity contribution in [3.05, 3.63) is 29.8 Å². The third-order valence-electron chi connectivity index (χ3n) is 4.45. The van der Waals surface area contributed by atoms with Crippen LogP contribution in [0.5, 0.6) is 5.75 Å². The van der Waals surface area contributed by atoms with Crippen LogP contribution in [-0.4, -0.2) is 38.3 Å².